The van der Waals surface area contributed by atoms with Crippen LogP contribution < -0.4 is 10.5 Å². The van der Waals surface area contributed by atoms with Gasteiger partial charge in [-0.25, -0.2) is 4.98 Å². The van der Waals surface area contributed by atoms with Crippen LogP contribution in [0.15, 0.2) is 30.5 Å². The Bertz CT molecular complexity index is 422. The molecule has 3 nitrogen and oxygen atoms in total. The van der Waals surface area contributed by atoms with Crippen molar-refractivity contribution < 1.29 is 4.74 Å². The number of nitrogens with two attached hydrogens (primary N) is 1. The highest BCUT2D eigenvalue weighted by Crippen LogP contribution is 2.27. The Morgan fingerprint density at radius 3 is 2.57 bits per heavy atom. The van der Waals surface area contributed by atoms with Crippen molar-refractivity contribution in [3.05, 3.63) is 36.0 Å². The molecule has 0 unspecified atom stereocenters. The maximum absolute atomic E-state index is 5.53. The highest BCUT2D eigenvalue weighted by molar-refractivity contribution is 7.17. The number of rotatable bonds is 2. The van der Waals surface area contributed by atoms with Gasteiger partial charge >= 0.3 is 0 Å². The molecule has 0 saturated heterocycles. The molecular weight excluding hydrogens is 196 g/mol. The number of hydrogen-bond donors (Lipinski definition) is 1. The first-order chi connectivity index (χ1) is 6.74. The van der Waals surface area contributed by atoms with E-state index in [0.29, 0.717) is 10.2 Å². The minimum absolute atomic E-state index is 0.575. The normalized spacial score (nSPS) is 10.1. The highest BCUT2D eigenvalue weighted by atomic mass is 32.1. The van der Waals surface area contributed by atoms with Crippen LogP contribution in [-0.2, 0) is 0 Å². The van der Waals surface area contributed by atoms with Crippen LogP contribution in [0.1, 0.15) is 5.56 Å². The summed E-state index contributed by atoms with van der Waals surface area (Å²) in [4.78, 5) is 4.00. The molecule has 0 spiro atoms. The fraction of sp³-hybridized carbons (Fsp3) is 0.100. The lowest BCUT2D eigenvalue weighted by atomic mass is 10.2. The molecule has 2 rings (SSSR count). The molecule has 2 N–H and O–H groups in total. The topological polar surface area (TPSA) is 48.1 Å². The number of thiazole rings is 1. The molecule has 0 atom stereocenters. The van der Waals surface area contributed by atoms with Gasteiger partial charge in [-0.3, -0.25) is 0 Å². The standard InChI is InChI=1S/C10H10N2OS/c1-7-2-4-8(5-3-7)13-10-12-6-9(11)14-10/h2-6H,11H2,1H3. The summed E-state index contributed by atoms with van der Waals surface area (Å²) >= 11 is 1.33. The molecule has 0 aliphatic heterocycles. The molecule has 14 heavy (non-hydrogen) atoms. The van der Waals surface area contributed by atoms with E-state index in [4.69, 9.17) is 10.5 Å². The fourth-order valence-corrected chi connectivity index (χ4v) is 1.57. The Morgan fingerprint density at radius 1 is 1.29 bits per heavy atom. The summed E-state index contributed by atoms with van der Waals surface area (Å²) < 4.78 is 5.48. The predicted molar refractivity (Wildman–Crippen MR) is 57.8 cm³/mol. The zero-order valence-corrected chi connectivity index (χ0v) is 8.54. The molecule has 0 aliphatic carbocycles. The zero-order valence-electron chi connectivity index (χ0n) is 7.73. The number of aryl methyl sites for hydroxylation is 1. The Kier molecular flexibility index (Phi) is 2.37. The quantitative estimate of drug-likeness (QED) is 0.821. The monoisotopic (exact) mass is 206 g/mol. The van der Waals surface area contributed by atoms with E-state index in [2.05, 4.69) is 4.98 Å². The fourth-order valence-electron chi connectivity index (χ4n) is 1.02. The van der Waals surface area contributed by atoms with Crippen LogP contribution in [0.5, 0.6) is 10.9 Å². The third-order valence-electron chi connectivity index (χ3n) is 1.73. The van der Waals surface area contributed by atoms with Gasteiger partial charge in [0.05, 0.1) is 6.20 Å². The Balaban J connectivity index is 2.15. The summed E-state index contributed by atoms with van der Waals surface area (Å²) in [6.45, 7) is 2.03. The Hall–Kier alpha value is -1.55. The second-order valence-electron chi connectivity index (χ2n) is 2.94. The summed E-state index contributed by atoms with van der Waals surface area (Å²) in [6.07, 6.45) is 1.59. The van der Waals surface area contributed by atoms with Gasteiger partial charge in [0.1, 0.15) is 10.8 Å². The highest BCUT2D eigenvalue weighted by Gasteiger charge is 2.01. The van der Waals surface area contributed by atoms with Crippen molar-refractivity contribution >= 4 is 16.3 Å². The van der Waals surface area contributed by atoms with Gasteiger partial charge in [0.2, 0.25) is 0 Å². The summed E-state index contributed by atoms with van der Waals surface area (Å²) in [7, 11) is 0. The van der Waals surface area contributed by atoms with Crippen molar-refractivity contribution in [3.8, 4) is 10.9 Å². The number of aromatic nitrogens is 1. The van der Waals surface area contributed by atoms with E-state index in [1.807, 2.05) is 31.2 Å². The molecule has 72 valence electrons. The van der Waals surface area contributed by atoms with Crippen LogP contribution in [0.3, 0.4) is 0 Å². The van der Waals surface area contributed by atoms with Crippen molar-refractivity contribution in [2.75, 3.05) is 5.73 Å². The molecule has 0 saturated carbocycles. The maximum Gasteiger partial charge on any atom is 0.280 e. The van der Waals surface area contributed by atoms with E-state index < -0.39 is 0 Å². The summed E-state index contributed by atoms with van der Waals surface area (Å²) in [5.74, 6) is 0.782. The average molecular weight is 206 g/mol. The molecule has 0 amide bonds. The van der Waals surface area contributed by atoms with E-state index in [9.17, 15) is 0 Å². The maximum atomic E-state index is 5.53. The van der Waals surface area contributed by atoms with Gasteiger partial charge in [0.25, 0.3) is 5.19 Å². The molecule has 0 bridgehead atoms. The van der Waals surface area contributed by atoms with Gasteiger partial charge in [-0.05, 0) is 19.1 Å². The lowest BCUT2D eigenvalue weighted by molar-refractivity contribution is 0.478. The number of nitrogens with zero attached hydrogens (tertiary/aromatic N) is 1. The number of ether oxygens (including phenoxy) is 1. The smallest absolute Gasteiger partial charge is 0.280 e. The number of nitrogen functional groups attached to an aromatic ring is 1. The van der Waals surface area contributed by atoms with Crippen molar-refractivity contribution in [2.24, 2.45) is 0 Å². The van der Waals surface area contributed by atoms with Crippen LogP contribution in [0.4, 0.5) is 5.00 Å². The zero-order chi connectivity index (χ0) is 9.97. The van der Waals surface area contributed by atoms with Gasteiger partial charge in [-0.2, -0.15) is 0 Å². The van der Waals surface area contributed by atoms with E-state index in [-0.39, 0.29) is 0 Å². The molecule has 0 aliphatic rings. The third kappa shape index (κ3) is 2.03. The third-order valence-corrected chi connectivity index (χ3v) is 2.43. The van der Waals surface area contributed by atoms with Crippen molar-refractivity contribution in [1.29, 1.82) is 0 Å². The molecule has 0 radical (unpaired) electrons. The molecule has 1 aromatic carbocycles. The lowest BCUT2D eigenvalue weighted by Crippen LogP contribution is -1.82. The van der Waals surface area contributed by atoms with Crippen LogP contribution in [-0.4, -0.2) is 4.98 Å². The molecule has 2 aromatic rings. The Morgan fingerprint density at radius 2 is 2.00 bits per heavy atom. The van der Waals surface area contributed by atoms with Gasteiger partial charge in [0.15, 0.2) is 0 Å². The number of hydrogen-bond acceptors (Lipinski definition) is 4. The van der Waals surface area contributed by atoms with Crippen LogP contribution in [0.25, 0.3) is 0 Å². The van der Waals surface area contributed by atoms with Gasteiger partial charge < -0.3 is 10.5 Å². The Labute approximate surface area is 86.2 Å². The number of anilines is 1. The van der Waals surface area contributed by atoms with Gasteiger partial charge in [-0.15, -0.1) is 0 Å². The second kappa shape index (κ2) is 3.67. The van der Waals surface area contributed by atoms with E-state index in [1.165, 1.54) is 16.9 Å². The minimum Gasteiger partial charge on any atom is -0.431 e. The van der Waals surface area contributed by atoms with Gasteiger partial charge in [0, 0.05) is 0 Å². The second-order valence-corrected chi connectivity index (χ2v) is 3.97. The molecular formula is C10H10N2OS. The van der Waals surface area contributed by atoms with E-state index in [1.54, 1.807) is 6.20 Å². The van der Waals surface area contributed by atoms with E-state index >= 15 is 0 Å². The van der Waals surface area contributed by atoms with E-state index in [0.717, 1.165) is 5.75 Å². The first kappa shape index (κ1) is 9.02. The average Bonchev–Trinajstić information content (AvgIpc) is 2.56. The van der Waals surface area contributed by atoms with Crippen LogP contribution in [0.2, 0.25) is 0 Å². The minimum atomic E-state index is 0.575. The lowest BCUT2D eigenvalue weighted by Gasteiger charge is -2.00. The van der Waals surface area contributed by atoms with Gasteiger partial charge in [-0.1, -0.05) is 29.0 Å². The SMILES string of the molecule is Cc1ccc(Oc2ncc(N)s2)cc1. The molecule has 1 heterocycles. The number of benzene rings is 1. The van der Waals surface area contributed by atoms with Crippen molar-refractivity contribution in [3.63, 3.8) is 0 Å². The molecule has 1 aromatic heterocycles. The molecule has 4 heteroatoms. The summed E-state index contributed by atoms with van der Waals surface area (Å²) in [5, 5.41) is 1.23. The predicted octanol–water partition coefficient (Wildman–Crippen LogP) is 2.83. The first-order valence-electron chi connectivity index (χ1n) is 4.20. The van der Waals surface area contributed by atoms with Crippen LogP contribution in [0, 0.1) is 6.92 Å². The first-order valence-corrected chi connectivity index (χ1v) is 5.01. The van der Waals surface area contributed by atoms with Crippen LogP contribution >= 0.6 is 11.3 Å². The van der Waals surface area contributed by atoms with Crippen molar-refractivity contribution in [2.45, 2.75) is 6.92 Å². The summed E-state index contributed by atoms with van der Waals surface area (Å²) in [5.41, 5.74) is 6.74. The van der Waals surface area contributed by atoms with Crippen molar-refractivity contribution in [1.82, 2.24) is 4.98 Å². The summed E-state index contributed by atoms with van der Waals surface area (Å²) in [6, 6.07) is 7.80. The largest absolute Gasteiger partial charge is 0.431 e. The molecule has 0 fully saturated rings.